The molecule has 3 heteroatoms. The highest BCUT2D eigenvalue weighted by molar-refractivity contribution is 5.76. The lowest BCUT2D eigenvalue weighted by Gasteiger charge is -2.15. The SMILES string of the molecule is CCC(CN)CC(=O)NCC(C)c1ccccc1. The third-order valence-electron chi connectivity index (χ3n) is 3.36. The molecule has 0 heterocycles. The summed E-state index contributed by atoms with van der Waals surface area (Å²) in [7, 11) is 0. The average molecular weight is 248 g/mol. The Kier molecular flexibility index (Phi) is 6.44. The topological polar surface area (TPSA) is 55.1 Å². The monoisotopic (exact) mass is 248 g/mol. The molecule has 0 radical (unpaired) electrons. The van der Waals surface area contributed by atoms with Crippen LogP contribution in [0.15, 0.2) is 30.3 Å². The maximum Gasteiger partial charge on any atom is 0.220 e. The van der Waals surface area contributed by atoms with Crippen LogP contribution in [0.1, 0.15) is 38.2 Å². The quantitative estimate of drug-likeness (QED) is 0.778. The van der Waals surface area contributed by atoms with Gasteiger partial charge in [0.2, 0.25) is 5.91 Å². The van der Waals surface area contributed by atoms with E-state index in [1.807, 2.05) is 18.2 Å². The Morgan fingerprint density at radius 1 is 1.33 bits per heavy atom. The van der Waals surface area contributed by atoms with E-state index in [4.69, 9.17) is 5.73 Å². The van der Waals surface area contributed by atoms with Gasteiger partial charge in [-0.2, -0.15) is 0 Å². The highest BCUT2D eigenvalue weighted by atomic mass is 16.1. The van der Waals surface area contributed by atoms with Crippen LogP contribution in [-0.2, 0) is 4.79 Å². The van der Waals surface area contributed by atoms with Gasteiger partial charge >= 0.3 is 0 Å². The number of carbonyl (C=O) groups is 1. The van der Waals surface area contributed by atoms with E-state index < -0.39 is 0 Å². The van der Waals surface area contributed by atoms with Crippen molar-refractivity contribution < 1.29 is 4.79 Å². The second-order valence-electron chi connectivity index (χ2n) is 4.83. The van der Waals surface area contributed by atoms with Crippen LogP contribution in [0.3, 0.4) is 0 Å². The Morgan fingerprint density at radius 3 is 2.56 bits per heavy atom. The van der Waals surface area contributed by atoms with Crippen LogP contribution in [0.25, 0.3) is 0 Å². The van der Waals surface area contributed by atoms with Crippen molar-refractivity contribution in [1.29, 1.82) is 0 Å². The standard InChI is InChI=1S/C15H24N2O/c1-3-13(10-16)9-15(18)17-11-12(2)14-7-5-4-6-8-14/h4-8,12-13H,3,9-11,16H2,1-2H3,(H,17,18). The van der Waals surface area contributed by atoms with Crippen molar-refractivity contribution in [1.82, 2.24) is 5.32 Å². The number of rotatable bonds is 7. The zero-order valence-corrected chi connectivity index (χ0v) is 11.4. The molecule has 1 aromatic rings. The van der Waals surface area contributed by atoms with Crippen LogP contribution in [0.5, 0.6) is 0 Å². The first-order valence-corrected chi connectivity index (χ1v) is 6.69. The summed E-state index contributed by atoms with van der Waals surface area (Å²) in [6, 6.07) is 10.2. The van der Waals surface area contributed by atoms with Gasteiger partial charge in [-0.25, -0.2) is 0 Å². The number of benzene rings is 1. The fourth-order valence-corrected chi connectivity index (χ4v) is 1.90. The highest BCUT2D eigenvalue weighted by Crippen LogP contribution is 2.13. The molecule has 0 spiro atoms. The number of hydrogen-bond donors (Lipinski definition) is 2. The summed E-state index contributed by atoms with van der Waals surface area (Å²) in [5.74, 6) is 0.750. The molecule has 0 aliphatic rings. The lowest BCUT2D eigenvalue weighted by Crippen LogP contribution is -2.30. The summed E-state index contributed by atoms with van der Waals surface area (Å²) in [4.78, 5) is 11.7. The van der Waals surface area contributed by atoms with E-state index in [9.17, 15) is 4.79 Å². The van der Waals surface area contributed by atoms with Gasteiger partial charge in [-0.3, -0.25) is 4.79 Å². The van der Waals surface area contributed by atoms with Gasteiger partial charge in [0.1, 0.15) is 0 Å². The van der Waals surface area contributed by atoms with Crippen LogP contribution >= 0.6 is 0 Å². The molecule has 0 saturated heterocycles. The molecule has 0 aromatic heterocycles. The molecule has 2 unspecified atom stereocenters. The molecular formula is C15H24N2O. The largest absolute Gasteiger partial charge is 0.355 e. The minimum atomic E-state index is 0.107. The molecule has 2 atom stereocenters. The number of nitrogens with two attached hydrogens (primary N) is 1. The second-order valence-corrected chi connectivity index (χ2v) is 4.83. The fourth-order valence-electron chi connectivity index (χ4n) is 1.90. The van der Waals surface area contributed by atoms with Crippen molar-refractivity contribution in [3.05, 3.63) is 35.9 Å². The summed E-state index contributed by atoms with van der Waals surface area (Å²) in [6.45, 7) is 5.45. The third-order valence-corrected chi connectivity index (χ3v) is 3.36. The Labute approximate surface area is 110 Å². The molecule has 0 bridgehead atoms. The molecule has 1 amide bonds. The Balaban J connectivity index is 2.34. The molecule has 0 aliphatic carbocycles. The van der Waals surface area contributed by atoms with Crippen molar-refractivity contribution in [2.75, 3.05) is 13.1 Å². The molecule has 3 N–H and O–H groups in total. The molecule has 0 aliphatic heterocycles. The predicted octanol–water partition coefficient (Wildman–Crippen LogP) is 2.28. The lowest BCUT2D eigenvalue weighted by atomic mass is 10.00. The van der Waals surface area contributed by atoms with Crippen LogP contribution in [0.2, 0.25) is 0 Å². The van der Waals surface area contributed by atoms with E-state index in [0.29, 0.717) is 31.3 Å². The molecule has 0 saturated carbocycles. The van der Waals surface area contributed by atoms with Crippen LogP contribution < -0.4 is 11.1 Å². The lowest BCUT2D eigenvalue weighted by molar-refractivity contribution is -0.122. The van der Waals surface area contributed by atoms with Crippen molar-refractivity contribution in [2.24, 2.45) is 11.7 Å². The van der Waals surface area contributed by atoms with E-state index in [-0.39, 0.29) is 5.91 Å². The first-order chi connectivity index (χ1) is 8.67. The van der Waals surface area contributed by atoms with Gasteiger partial charge in [0.25, 0.3) is 0 Å². The smallest absolute Gasteiger partial charge is 0.220 e. The third kappa shape index (κ3) is 4.88. The van der Waals surface area contributed by atoms with Gasteiger partial charge in [-0.15, -0.1) is 0 Å². The van der Waals surface area contributed by atoms with Gasteiger partial charge in [-0.05, 0) is 23.9 Å². The van der Waals surface area contributed by atoms with E-state index in [1.165, 1.54) is 5.56 Å². The molecular weight excluding hydrogens is 224 g/mol. The van der Waals surface area contributed by atoms with Crippen LogP contribution in [0.4, 0.5) is 0 Å². The molecule has 1 rings (SSSR count). The molecule has 1 aromatic carbocycles. The first kappa shape index (κ1) is 14.7. The van der Waals surface area contributed by atoms with Crippen molar-refractivity contribution in [2.45, 2.75) is 32.6 Å². The van der Waals surface area contributed by atoms with Crippen molar-refractivity contribution in [3.63, 3.8) is 0 Å². The molecule has 0 fully saturated rings. The zero-order chi connectivity index (χ0) is 13.4. The summed E-state index contributed by atoms with van der Waals surface area (Å²) in [5.41, 5.74) is 6.85. The van der Waals surface area contributed by atoms with Gasteiger partial charge < -0.3 is 11.1 Å². The predicted molar refractivity (Wildman–Crippen MR) is 75.3 cm³/mol. The normalized spacial score (nSPS) is 13.9. The number of nitrogens with one attached hydrogen (secondary N) is 1. The summed E-state index contributed by atoms with van der Waals surface area (Å²) >= 11 is 0. The van der Waals surface area contributed by atoms with Gasteiger partial charge in [0, 0.05) is 13.0 Å². The molecule has 18 heavy (non-hydrogen) atoms. The summed E-state index contributed by atoms with van der Waals surface area (Å²) < 4.78 is 0. The number of carbonyl (C=O) groups excluding carboxylic acids is 1. The Bertz CT molecular complexity index is 347. The fraction of sp³-hybridized carbons (Fsp3) is 0.533. The maximum atomic E-state index is 11.7. The number of hydrogen-bond acceptors (Lipinski definition) is 2. The summed E-state index contributed by atoms with van der Waals surface area (Å²) in [6.07, 6.45) is 1.49. The van der Waals surface area contributed by atoms with Gasteiger partial charge in [0.05, 0.1) is 0 Å². The average Bonchev–Trinajstić information content (AvgIpc) is 2.43. The molecule has 100 valence electrons. The minimum absolute atomic E-state index is 0.107. The van der Waals surface area contributed by atoms with E-state index >= 15 is 0 Å². The van der Waals surface area contributed by atoms with Gasteiger partial charge in [0.15, 0.2) is 0 Å². The van der Waals surface area contributed by atoms with Gasteiger partial charge in [-0.1, -0.05) is 50.6 Å². The number of amides is 1. The van der Waals surface area contributed by atoms with Crippen LogP contribution in [-0.4, -0.2) is 19.0 Å². The Hall–Kier alpha value is -1.35. The van der Waals surface area contributed by atoms with Crippen LogP contribution in [0, 0.1) is 5.92 Å². The maximum absolute atomic E-state index is 11.7. The van der Waals surface area contributed by atoms with E-state index in [0.717, 1.165) is 6.42 Å². The Morgan fingerprint density at radius 2 is 2.00 bits per heavy atom. The molecule has 3 nitrogen and oxygen atoms in total. The van der Waals surface area contributed by atoms with E-state index in [1.54, 1.807) is 0 Å². The summed E-state index contributed by atoms with van der Waals surface area (Å²) in [5, 5.41) is 2.99. The highest BCUT2D eigenvalue weighted by Gasteiger charge is 2.11. The van der Waals surface area contributed by atoms with E-state index in [2.05, 4.69) is 31.3 Å². The zero-order valence-electron chi connectivity index (χ0n) is 11.4. The second kappa shape index (κ2) is 7.88. The minimum Gasteiger partial charge on any atom is -0.355 e. The van der Waals surface area contributed by atoms with Crippen molar-refractivity contribution >= 4 is 5.91 Å². The first-order valence-electron chi connectivity index (χ1n) is 6.69. The van der Waals surface area contributed by atoms with Crippen molar-refractivity contribution in [3.8, 4) is 0 Å².